The van der Waals surface area contributed by atoms with Gasteiger partial charge in [0.15, 0.2) is 0 Å². The van der Waals surface area contributed by atoms with Crippen molar-refractivity contribution in [1.29, 1.82) is 0 Å². The number of hydrogen-bond acceptors (Lipinski definition) is 0. The molecule has 1 aliphatic carbocycles. The fraction of sp³-hybridized carbons (Fsp3) is 0.182. The highest BCUT2D eigenvalue weighted by atomic mass is 14.3. The lowest BCUT2D eigenvalue weighted by molar-refractivity contribution is 0.625. The first-order valence-corrected chi connectivity index (χ1v) is 8.08. The van der Waals surface area contributed by atoms with Gasteiger partial charge in [-0.05, 0) is 40.2 Å². The van der Waals surface area contributed by atoms with Gasteiger partial charge < -0.3 is 0 Å². The topological polar surface area (TPSA) is 0 Å². The number of benzene rings is 3. The van der Waals surface area contributed by atoms with Crippen LogP contribution in [0.1, 0.15) is 41.9 Å². The van der Waals surface area contributed by atoms with E-state index in [0.717, 1.165) is 6.42 Å². The molecule has 3 aromatic rings. The normalized spacial score (nSPS) is 14.4. The first-order valence-electron chi connectivity index (χ1n) is 8.08. The smallest absolute Gasteiger partial charge is 0.0107 e. The molecular formula is C22H20. The third-order valence-corrected chi connectivity index (χ3v) is 4.92. The molecule has 0 amide bonds. The van der Waals surface area contributed by atoms with E-state index >= 15 is 0 Å². The van der Waals surface area contributed by atoms with Crippen molar-refractivity contribution in [3.63, 3.8) is 0 Å². The quantitative estimate of drug-likeness (QED) is 0.554. The summed E-state index contributed by atoms with van der Waals surface area (Å²) in [6.45, 7) is 2.35. The summed E-state index contributed by atoms with van der Waals surface area (Å²) in [5.74, 6) is 1.08. The molecule has 0 aromatic heterocycles. The van der Waals surface area contributed by atoms with Crippen molar-refractivity contribution in [3.05, 3.63) is 95.6 Å². The highest BCUT2D eigenvalue weighted by molar-refractivity contribution is 5.78. The summed E-state index contributed by atoms with van der Waals surface area (Å²) in [6.07, 6.45) is 1.16. The van der Waals surface area contributed by atoms with E-state index in [1.54, 1.807) is 0 Å². The van der Waals surface area contributed by atoms with Gasteiger partial charge in [0, 0.05) is 5.92 Å². The average molecular weight is 284 g/mol. The summed E-state index contributed by atoms with van der Waals surface area (Å²) in [7, 11) is 0. The SMILES string of the molecule is CC(CC1c2ccccc2-c2ccccc21)c1ccccc1. The van der Waals surface area contributed by atoms with Gasteiger partial charge >= 0.3 is 0 Å². The van der Waals surface area contributed by atoms with Crippen LogP contribution in [0.3, 0.4) is 0 Å². The maximum atomic E-state index is 2.35. The van der Waals surface area contributed by atoms with Crippen LogP contribution in [0, 0.1) is 0 Å². The van der Waals surface area contributed by atoms with E-state index in [-0.39, 0.29) is 0 Å². The lowest BCUT2D eigenvalue weighted by Crippen LogP contribution is -2.03. The van der Waals surface area contributed by atoms with Crippen LogP contribution >= 0.6 is 0 Å². The first-order chi connectivity index (χ1) is 10.8. The maximum absolute atomic E-state index is 2.35. The molecule has 0 heterocycles. The molecule has 0 heteroatoms. The van der Waals surface area contributed by atoms with Crippen LogP contribution in [0.15, 0.2) is 78.9 Å². The molecule has 0 saturated carbocycles. The zero-order valence-electron chi connectivity index (χ0n) is 12.9. The second kappa shape index (κ2) is 5.46. The second-order valence-corrected chi connectivity index (χ2v) is 6.27. The maximum Gasteiger partial charge on any atom is 0.0107 e. The fourth-order valence-corrected chi connectivity index (χ4v) is 3.78. The highest BCUT2D eigenvalue weighted by Crippen LogP contribution is 2.48. The van der Waals surface area contributed by atoms with Crippen molar-refractivity contribution < 1.29 is 0 Å². The van der Waals surface area contributed by atoms with Gasteiger partial charge in [0.1, 0.15) is 0 Å². The lowest BCUT2D eigenvalue weighted by atomic mass is 9.85. The van der Waals surface area contributed by atoms with Crippen LogP contribution in [-0.2, 0) is 0 Å². The van der Waals surface area contributed by atoms with E-state index in [9.17, 15) is 0 Å². The zero-order valence-corrected chi connectivity index (χ0v) is 12.9. The molecule has 1 aliphatic rings. The average Bonchev–Trinajstić information content (AvgIpc) is 2.90. The molecule has 1 unspecified atom stereocenters. The summed E-state index contributed by atoms with van der Waals surface area (Å²) in [5.41, 5.74) is 7.26. The van der Waals surface area contributed by atoms with Gasteiger partial charge in [-0.3, -0.25) is 0 Å². The van der Waals surface area contributed by atoms with Gasteiger partial charge in [-0.15, -0.1) is 0 Å². The summed E-state index contributed by atoms with van der Waals surface area (Å²) < 4.78 is 0. The molecule has 0 fully saturated rings. The third-order valence-electron chi connectivity index (χ3n) is 4.92. The Labute approximate surface area is 132 Å². The van der Waals surface area contributed by atoms with E-state index in [1.807, 2.05) is 0 Å². The Bertz CT molecular complexity index is 740. The summed E-state index contributed by atoms with van der Waals surface area (Å²) in [4.78, 5) is 0. The minimum absolute atomic E-state index is 0.516. The molecule has 0 radical (unpaired) electrons. The standard InChI is InChI=1S/C22H20/c1-16(17-9-3-2-4-10-17)15-22-20-13-7-5-11-18(20)19-12-6-8-14-21(19)22/h2-14,16,22H,15H2,1H3. The van der Waals surface area contributed by atoms with Crippen LogP contribution in [0.25, 0.3) is 11.1 Å². The predicted octanol–water partition coefficient (Wildman–Crippen LogP) is 5.99. The van der Waals surface area contributed by atoms with E-state index in [1.165, 1.54) is 27.8 Å². The Morgan fingerprint density at radius 3 is 1.77 bits per heavy atom. The summed E-state index contributed by atoms with van der Waals surface area (Å²) in [6, 6.07) is 28.7. The van der Waals surface area contributed by atoms with Gasteiger partial charge in [-0.2, -0.15) is 0 Å². The molecule has 0 bridgehead atoms. The Hall–Kier alpha value is -2.34. The molecule has 0 N–H and O–H groups in total. The Morgan fingerprint density at radius 1 is 0.682 bits per heavy atom. The lowest BCUT2D eigenvalue weighted by Gasteiger charge is -2.19. The van der Waals surface area contributed by atoms with Crippen LogP contribution in [0.4, 0.5) is 0 Å². The minimum Gasteiger partial charge on any atom is -0.0622 e. The Kier molecular flexibility index (Phi) is 3.31. The van der Waals surface area contributed by atoms with Crippen LogP contribution in [0.5, 0.6) is 0 Å². The van der Waals surface area contributed by atoms with Crippen LogP contribution in [-0.4, -0.2) is 0 Å². The van der Waals surface area contributed by atoms with Crippen molar-refractivity contribution in [3.8, 4) is 11.1 Å². The van der Waals surface area contributed by atoms with E-state index in [0.29, 0.717) is 11.8 Å². The van der Waals surface area contributed by atoms with E-state index in [4.69, 9.17) is 0 Å². The molecule has 108 valence electrons. The number of fused-ring (bicyclic) bond motifs is 3. The summed E-state index contributed by atoms with van der Waals surface area (Å²) in [5, 5.41) is 0. The molecule has 0 spiro atoms. The highest BCUT2D eigenvalue weighted by Gasteiger charge is 2.29. The van der Waals surface area contributed by atoms with Gasteiger partial charge in [0.25, 0.3) is 0 Å². The second-order valence-electron chi connectivity index (χ2n) is 6.27. The Balaban J connectivity index is 1.73. The molecule has 4 rings (SSSR count). The van der Waals surface area contributed by atoms with E-state index in [2.05, 4.69) is 85.8 Å². The van der Waals surface area contributed by atoms with Gasteiger partial charge in [-0.25, -0.2) is 0 Å². The monoisotopic (exact) mass is 284 g/mol. The van der Waals surface area contributed by atoms with Crippen molar-refractivity contribution in [2.45, 2.75) is 25.2 Å². The van der Waals surface area contributed by atoms with Gasteiger partial charge in [0.05, 0.1) is 0 Å². The first kappa shape index (κ1) is 13.3. The molecule has 1 atom stereocenters. The Morgan fingerprint density at radius 2 is 1.18 bits per heavy atom. The molecule has 0 nitrogen and oxygen atoms in total. The van der Waals surface area contributed by atoms with Crippen molar-refractivity contribution in [2.24, 2.45) is 0 Å². The minimum atomic E-state index is 0.516. The molecule has 3 aromatic carbocycles. The van der Waals surface area contributed by atoms with Crippen molar-refractivity contribution >= 4 is 0 Å². The summed E-state index contributed by atoms with van der Waals surface area (Å²) >= 11 is 0. The van der Waals surface area contributed by atoms with Crippen molar-refractivity contribution in [1.82, 2.24) is 0 Å². The third kappa shape index (κ3) is 2.16. The molecule has 0 saturated heterocycles. The molecule has 0 aliphatic heterocycles. The predicted molar refractivity (Wildman–Crippen MR) is 93.2 cm³/mol. The van der Waals surface area contributed by atoms with Crippen LogP contribution in [0.2, 0.25) is 0 Å². The van der Waals surface area contributed by atoms with Crippen LogP contribution < -0.4 is 0 Å². The largest absolute Gasteiger partial charge is 0.0622 e. The molecular weight excluding hydrogens is 264 g/mol. The number of hydrogen-bond donors (Lipinski definition) is 0. The number of rotatable bonds is 3. The van der Waals surface area contributed by atoms with Gasteiger partial charge in [-0.1, -0.05) is 85.8 Å². The molecule has 22 heavy (non-hydrogen) atoms. The van der Waals surface area contributed by atoms with E-state index < -0.39 is 0 Å². The fourth-order valence-electron chi connectivity index (χ4n) is 3.78. The van der Waals surface area contributed by atoms with Crippen molar-refractivity contribution in [2.75, 3.05) is 0 Å². The van der Waals surface area contributed by atoms with Gasteiger partial charge in [0.2, 0.25) is 0 Å². The zero-order chi connectivity index (χ0) is 14.9.